The van der Waals surface area contributed by atoms with Crippen LogP contribution in [-0.4, -0.2) is 74.5 Å². The highest BCUT2D eigenvalue weighted by atomic mass is 16.5. The van der Waals surface area contributed by atoms with Crippen LogP contribution in [0.25, 0.3) is 0 Å². The second kappa shape index (κ2) is 13.7. The van der Waals surface area contributed by atoms with Gasteiger partial charge in [0.1, 0.15) is 5.75 Å². The number of nitrogens with one attached hydrogen (secondary N) is 2. The minimum atomic E-state index is -0.0498. The van der Waals surface area contributed by atoms with E-state index in [-0.39, 0.29) is 11.8 Å². The molecule has 1 aromatic rings. The lowest BCUT2D eigenvalue weighted by Gasteiger charge is -2.30. The summed E-state index contributed by atoms with van der Waals surface area (Å²) >= 11 is 0. The Bertz CT molecular complexity index is 798. The summed E-state index contributed by atoms with van der Waals surface area (Å²) in [6.07, 6.45) is 6.21. The van der Waals surface area contributed by atoms with Crippen molar-refractivity contribution in [1.29, 1.82) is 0 Å². The second-order valence-electron chi connectivity index (χ2n) is 10.4. The molecule has 0 aliphatic carbocycles. The van der Waals surface area contributed by atoms with Crippen molar-refractivity contribution in [1.82, 2.24) is 20.4 Å². The van der Waals surface area contributed by atoms with E-state index >= 15 is 0 Å². The maximum atomic E-state index is 13.3. The minimum Gasteiger partial charge on any atom is -0.493 e. The lowest BCUT2D eigenvalue weighted by Crippen LogP contribution is -2.40. The largest absolute Gasteiger partial charge is 0.493 e. The molecule has 1 atom stereocenters. The Labute approximate surface area is 205 Å². The average molecular weight is 473 g/mol. The lowest BCUT2D eigenvalue weighted by molar-refractivity contribution is -0.122. The quantitative estimate of drug-likeness (QED) is 0.665. The Morgan fingerprint density at radius 2 is 2.06 bits per heavy atom. The Kier molecular flexibility index (Phi) is 10.7. The Morgan fingerprint density at radius 1 is 1.21 bits per heavy atom. The number of piperidine rings is 1. The molecule has 0 saturated carbocycles. The first-order valence-electron chi connectivity index (χ1n) is 13.1. The molecule has 190 valence electrons. The zero-order chi connectivity index (χ0) is 24.3. The van der Waals surface area contributed by atoms with Gasteiger partial charge in [0, 0.05) is 37.3 Å². The smallest absolute Gasteiger partial charge is 0.251 e. The van der Waals surface area contributed by atoms with Gasteiger partial charge in [0.25, 0.3) is 5.91 Å². The van der Waals surface area contributed by atoms with Gasteiger partial charge in [0.2, 0.25) is 5.91 Å². The Morgan fingerprint density at radius 3 is 2.85 bits per heavy atom. The monoisotopic (exact) mass is 472 g/mol. The second-order valence-corrected chi connectivity index (χ2v) is 10.4. The van der Waals surface area contributed by atoms with Crippen molar-refractivity contribution in [3.05, 3.63) is 29.3 Å². The van der Waals surface area contributed by atoms with Crippen molar-refractivity contribution < 1.29 is 14.3 Å². The molecule has 0 bridgehead atoms. The number of nitrogens with zero attached hydrogens (tertiary/aromatic N) is 2. The van der Waals surface area contributed by atoms with Gasteiger partial charge in [0.05, 0.1) is 13.2 Å². The standard InChI is InChI=1S/C27H44N4O3/c1-21(2)12-15-31-19-24-23(27(33)29-17-22-9-8-14-30(3)18-22)10-7-11-25(24)34-16-6-4-5-13-28-26(32)20-31/h7,10-11,21-22H,4-6,8-9,12-20H2,1-3H3,(H,28,32)(H,29,33). The van der Waals surface area contributed by atoms with Crippen LogP contribution in [0.15, 0.2) is 18.2 Å². The number of carbonyl (C=O) groups is 2. The Hall–Kier alpha value is -2.12. The van der Waals surface area contributed by atoms with E-state index in [0.29, 0.717) is 50.2 Å². The summed E-state index contributed by atoms with van der Waals surface area (Å²) < 4.78 is 6.18. The predicted molar refractivity (Wildman–Crippen MR) is 136 cm³/mol. The first kappa shape index (κ1) is 26.5. The maximum absolute atomic E-state index is 13.3. The summed E-state index contributed by atoms with van der Waals surface area (Å²) in [5.74, 6) is 1.79. The van der Waals surface area contributed by atoms with Crippen molar-refractivity contribution in [2.45, 2.75) is 58.9 Å². The molecule has 1 unspecified atom stereocenters. The highest BCUT2D eigenvalue weighted by Crippen LogP contribution is 2.26. The molecular weight excluding hydrogens is 428 g/mol. The zero-order valence-corrected chi connectivity index (χ0v) is 21.4. The Balaban J connectivity index is 1.80. The van der Waals surface area contributed by atoms with Crippen LogP contribution in [0.3, 0.4) is 0 Å². The molecule has 0 spiro atoms. The molecular formula is C27H44N4O3. The number of likely N-dealkylation sites (tertiary alicyclic amines) is 1. The molecule has 1 saturated heterocycles. The van der Waals surface area contributed by atoms with Crippen LogP contribution < -0.4 is 15.4 Å². The number of rotatable bonds is 6. The van der Waals surface area contributed by atoms with Crippen LogP contribution in [0.2, 0.25) is 0 Å². The van der Waals surface area contributed by atoms with Gasteiger partial charge in [0.15, 0.2) is 0 Å². The van der Waals surface area contributed by atoms with Crippen LogP contribution in [0.1, 0.15) is 68.3 Å². The van der Waals surface area contributed by atoms with E-state index in [2.05, 4.69) is 41.3 Å². The molecule has 2 heterocycles. The van der Waals surface area contributed by atoms with Gasteiger partial charge < -0.3 is 20.3 Å². The van der Waals surface area contributed by atoms with Crippen LogP contribution >= 0.6 is 0 Å². The van der Waals surface area contributed by atoms with Gasteiger partial charge in [-0.25, -0.2) is 0 Å². The van der Waals surface area contributed by atoms with Gasteiger partial charge >= 0.3 is 0 Å². The van der Waals surface area contributed by atoms with Crippen LogP contribution in [0, 0.1) is 11.8 Å². The molecule has 1 aromatic carbocycles. The summed E-state index contributed by atoms with van der Waals surface area (Å²) in [7, 11) is 2.14. The molecule has 7 nitrogen and oxygen atoms in total. The van der Waals surface area contributed by atoms with Crippen molar-refractivity contribution in [2.75, 3.05) is 52.9 Å². The van der Waals surface area contributed by atoms with E-state index in [0.717, 1.165) is 63.1 Å². The maximum Gasteiger partial charge on any atom is 0.251 e. The van der Waals surface area contributed by atoms with Crippen molar-refractivity contribution >= 4 is 11.8 Å². The fraction of sp³-hybridized carbons (Fsp3) is 0.704. The fourth-order valence-corrected chi connectivity index (χ4v) is 4.80. The normalized spacial score (nSPS) is 21.4. The third-order valence-electron chi connectivity index (χ3n) is 6.82. The first-order valence-corrected chi connectivity index (χ1v) is 13.1. The van der Waals surface area contributed by atoms with Crippen molar-refractivity contribution in [2.24, 2.45) is 11.8 Å². The molecule has 2 aliphatic heterocycles. The molecule has 0 aromatic heterocycles. The van der Waals surface area contributed by atoms with E-state index in [1.165, 1.54) is 6.42 Å². The van der Waals surface area contributed by atoms with Crippen LogP contribution in [0.4, 0.5) is 0 Å². The molecule has 2 aliphatic rings. The van der Waals surface area contributed by atoms with Crippen LogP contribution in [0.5, 0.6) is 5.75 Å². The molecule has 0 radical (unpaired) electrons. The number of ether oxygens (including phenoxy) is 1. The average Bonchev–Trinajstić information content (AvgIpc) is 2.82. The highest BCUT2D eigenvalue weighted by Gasteiger charge is 2.23. The number of amides is 2. The van der Waals surface area contributed by atoms with Gasteiger partial charge in [-0.1, -0.05) is 19.9 Å². The predicted octanol–water partition coefficient (Wildman–Crippen LogP) is 3.29. The summed E-state index contributed by atoms with van der Waals surface area (Å²) in [5, 5.41) is 6.25. The van der Waals surface area contributed by atoms with E-state index in [9.17, 15) is 9.59 Å². The van der Waals surface area contributed by atoms with Gasteiger partial charge in [-0.05, 0) is 82.6 Å². The topological polar surface area (TPSA) is 73.9 Å². The van der Waals surface area contributed by atoms with Crippen molar-refractivity contribution in [3.8, 4) is 5.75 Å². The SMILES string of the molecule is CC(C)CCN1CC(=O)NCCCCCOc2cccc(C(=O)NCC3CCCN(C)C3)c2C1. The van der Waals surface area contributed by atoms with E-state index in [1.807, 2.05) is 18.2 Å². The minimum absolute atomic E-state index is 0.0498. The number of benzene rings is 1. The third-order valence-corrected chi connectivity index (χ3v) is 6.82. The number of hydrogen-bond acceptors (Lipinski definition) is 5. The lowest BCUT2D eigenvalue weighted by atomic mass is 9.98. The molecule has 7 heteroatoms. The fourth-order valence-electron chi connectivity index (χ4n) is 4.80. The van der Waals surface area contributed by atoms with E-state index in [1.54, 1.807) is 0 Å². The number of fused-ring (bicyclic) bond motifs is 1. The van der Waals surface area contributed by atoms with Gasteiger partial charge in [-0.3, -0.25) is 14.5 Å². The van der Waals surface area contributed by atoms with Gasteiger partial charge in [-0.2, -0.15) is 0 Å². The van der Waals surface area contributed by atoms with Gasteiger partial charge in [-0.15, -0.1) is 0 Å². The first-order chi connectivity index (χ1) is 16.4. The zero-order valence-electron chi connectivity index (χ0n) is 21.4. The molecule has 2 N–H and O–H groups in total. The summed E-state index contributed by atoms with van der Waals surface area (Å²) in [4.78, 5) is 30.4. The number of hydrogen-bond donors (Lipinski definition) is 2. The third kappa shape index (κ3) is 8.58. The van der Waals surface area contributed by atoms with Crippen LogP contribution in [-0.2, 0) is 11.3 Å². The summed E-state index contributed by atoms with van der Waals surface area (Å²) in [6.45, 7) is 10.2. The van der Waals surface area contributed by atoms with E-state index in [4.69, 9.17) is 4.74 Å². The molecule has 34 heavy (non-hydrogen) atoms. The molecule has 1 fully saturated rings. The van der Waals surface area contributed by atoms with Crippen molar-refractivity contribution in [3.63, 3.8) is 0 Å². The number of carbonyl (C=O) groups excluding carboxylic acids is 2. The molecule has 3 rings (SSSR count). The highest BCUT2D eigenvalue weighted by molar-refractivity contribution is 5.96. The van der Waals surface area contributed by atoms with E-state index < -0.39 is 0 Å². The summed E-state index contributed by atoms with van der Waals surface area (Å²) in [6, 6.07) is 5.76. The molecule has 2 amide bonds. The summed E-state index contributed by atoms with van der Waals surface area (Å²) in [5.41, 5.74) is 1.54.